The van der Waals surface area contributed by atoms with E-state index in [1.807, 2.05) is 63.2 Å². The van der Waals surface area contributed by atoms with Crippen molar-refractivity contribution in [2.24, 2.45) is 5.92 Å². The molecule has 2 aromatic rings. The highest BCUT2D eigenvalue weighted by Crippen LogP contribution is 2.15. The van der Waals surface area contributed by atoms with Gasteiger partial charge in [0.05, 0.1) is 0 Å². The molecule has 0 heterocycles. The van der Waals surface area contributed by atoms with Crippen LogP contribution in [0.1, 0.15) is 19.4 Å². The molecule has 0 saturated carbocycles. The van der Waals surface area contributed by atoms with Gasteiger partial charge < -0.3 is 16.0 Å². The number of benzene rings is 2. The van der Waals surface area contributed by atoms with Gasteiger partial charge in [0.25, 0.3) is 0 Å². The lowest BCUT2D eigenvalue weighted by molar-refractivity contribution is -0.118. The molecule has 2 rings (SSSR count). The minimum Gasteiger partial charge on any atom is -0.326 e. The van der Waals surface area contributed by atoms with E-state index in [4.69, 9.17) is 0 Å². The van der Waals surface area contributed by atoms with Crippen molar-refractivity contribution in [2.45, 2.75) is 26.8 Å². The highest BCUT2D eigenvalue weighted by molar-refractivity contribution is 5.99. The quantitative estimate of drug-likeness (QED) is 0.783. The summed E-state index contributed by atoms with van der Waals surface area (Å²) in [5.74, 6) is -0.280. The van der Waals surface area contributed by atoms with Crippen molar-refractivity contribution in [3.05, 3.63) is 60.2 Å². The Hall–Kier alpha value is -2.82. The van der Waals surface area contributed by atoms with E-state index in [-0.39, 0.29) is 11.8 Å². The Bertz CT molecular complexity index is 699. The third-order valence-corrected chi connectivity index (χ3v) is 3.67. The molecule has 5 nitrogen and oxygen atoms in total. The minimum atomic E-state index is -0.631. The molecule has 0 aliphatic carbocycles. The van der Waals surface area contributed by atoms with Gasteiger partial charge in [-0.3, -0.25) is 4.79 Å². The fourth-order valence-electron chi connectivity index (χ4n) is 2.29. The van der Waals surface area contributed by atoms with E-state index < -0.39 is 12.1 Å². The third kappa shape index (κ3) is 4.84. The van der Waals surface area contributed by atoms with Crippen molar-refractivity contribution in [1.29, 1.82) is 0 Å². The molecule has 0 aliphatic rings. The average Bonchev–Trinajstić information content (AvgIpc) is 2.55. The first kappa shape index (κ1) is 17.5. The first-order chi connectivity index (χ1) is 11.5. The highest BCUT2D eigenvalue weighted by atomic mass is 16.2. The molecule has 0 bridgehead atoms. The van der Waals surface area contributed by atoms with Crippen molar-refractivity contribution in [3.8, 4) is 0 Å². The summed E-state index contributed by atoms with van der Waals surface area (Å²) in [4.78, 5) is 24.7. The second kappa shape index (κ2) is 8.15. The number of amides is 3. The van der Waals surface area contributed by atoms with Gasteiger partial charge in [0.15, 0.2) is 0 Å². The summed E-state index contributed by atoms with van der Waals surface area (Å²) in [5.41, 5.74) is 2.40. The first-order valence-corrected chi connectivity index (χ1v) is 7.96. The molecule has 0 saturated heterocycles. The van der Waals surface area contributed by atoms with Crippen molar-refractivity contribution in [2.75, 3.05) is 10.6 Å². The van der Waals surface area contributed by atoms with Crippen LogP contribution in [0.15, 0.2) is 54.6 Å². The van der Waals surface area contributed by atoms with Gasteiger partial charge in [-0.15, -0.1) is 0 Å². The topological polar surface area (TPSA) is 70.2 Å². The molecule has 2 aromatic carbocycles. The van der Waals surface area contributed by atoms with Crippen LogP contribution in [0.5, 0.6) is 0 Å². The van der Waals surface area contributed by atoms with E-state index in [1.165, 1.54) is 0 Å². The summed E-state index contributed by atoms with van der Waals surface area (Å²) in [6.07, 6.45) is 0. The fourth-order valence-corrected chi connectivity index (χ4v) is 2.29. The molecule has 0 aliphatic heterocycles. The molecule has 5 heteroatoms. The molecule has 126 valence electrons. The van der Waals surface area contributed by atoms with Gasteiger partial charge in [-0.2, -0.15) is 0 Å². The van der Waals surface area contributed by atoms with E-state index >= 15 is 0 Å². The summed E-state index contributed by atoms with van der Waals surface area (Å²) in [6, 6.07) is 15.6. The van der Waals surface area contributed by atoms with Crippen molar-refractivity contribution in [3.63, 3.8) is 0 Å². The van der Waals surface area contributed by atoms with E-state index in [9.17, 15) is 9.59 Å². The van der Waals surface area contributed by atoms with E-state index in [2.05, 4.69) is 16.0 Å². The predicted octanol–water partition coefficient (Wildman–Crippen LogP) is 3.78. The molecule has 0 radical (unpaired) electrons. The average molecular weight is 325 g/mol. The summed E-state index contributed by atoms with van der Waals surface area (Å²) >= 11 is 0. The lowest BCUT2D eigenvalue weighted by Gasteiger charge is -2.22. The molecule has 0 spiro atoms. The summed E-state index contributed by atoms with van der Waals surface area (Å²) in [7, 11) is 0. The van der Waals surface area contributed by atoms with Crippen LogP contribution in [0.4, 0.5) is 16.2 Å². The normalized spacial score (nSPS) is 11.7. The first-order valence-electron chi connectivity index (χ1n) is 7.96. The van der Waals surface area contributed by atoms with Gasteiger partial charge in [-0.1, -0.05) is 50.2 Å². The molecule has 0 unspecified atom stereocenters. The molecule has 0 aromatic heterocycles. The zero-order valence-electron chi connectivity index (χ0n) is 14.2. The lowest BCUT2D eigenvalue weighted by atomic mass is 10.0. The van der Waals surface area contributed by atoms with Gasteiger partial charge in [0, 0.05) is 11.4 Å². The van der Waals surface area contributed by atoms with Gasteiger partial charge in [0.2, 0.25) is 5.91 Å². The SMILES string of the molecule is Cc1ccccc1NC(=O)[C@@H](NC(=O)Nc1ccccc1)C(C)C. The number of rotatable bonds is 5. The Morgan fingerprint density at radius 2 is 1.50 bits per heavy atom. The number of hydrogen-bond donors (Lipinski definition) is 3. The van der Waals surface area contributed by atoms with Crippen LogP contribution < -0.4 is 16.0 Å². The molecule has 3 amide bonds. The Kier molecular flexibility index (Phi) is 5.95. The summed E-state index contributed by atoms with van der Waals surface area (Å²) < 4.78 is 0. The maximum Gasteiger partial charge on any atom is 0.319 e. The highest BCUT2D eigenvalue weighted by Gasteiger charge is 2.24. The van der Waals surface area contributed by atoms with Crippen molar-refractivity contribution >= 4 is 23.3 Å². The predicted molar refractivity (Wildman–Crippen MR) is 97.0 cm³/mol. The Morgan fingerprint density at radius 1 is 0.875 bits per heavy atom. The number of nitrogens with one attached hydrogen (secondary N) is 3. The Labute approximate surface area is 142 Å². The minimum absolute atomic E-state index is 0.0458. The van der Waals surface area contributed by atoms with E-state index in [0.717, 1.165) is 11.3 Å². The smallest absolute Gasteiger partial charge is 0.319 e. The van der Waals surface area contributed by atoms with Crippen molar-refractivity contribution < 1.29 is 9.59 Å². The third-order valence-electron chi connectivity index (χ3n) is 3.67. The van der Waals surface area contributed by atoms with Crippen LogP contribution in [-0.4, -0.2) is 18.0 Å². The zero-order valence-corrected chi connectivity index (χ0v) is 14.2. The van der Waals surface area contributed by atoms with Gasteiger partial charge in [-0.25, -0.2) is 4.79 Å². The van der Waals surface area contributed by atoms with Crippen LogP contribution in [0.2, 0.25) is 0 Å². The zero-order chi connectivity index (χ0) is 17.5. The molecular formula is C19H23N3O2. The number of hydrogen-bond acceptors (Lipinski definition) is 2. The molecule has 3 N–H and O–H groups in total. The fraction of sp³-hybridized carbons (Fsp3) is 0.263. The van der Waals surface area contributed by atoms with Crippen LogP contribution in [0.25, 0.3) is 0 Å². The van der Waals surface area contributed by atoms with Gasteiger partial charge in [0.1, 0.15) is 6.04 Å². The summed E-state index contributed by atoms with van der Waals surface area (Å²) in [6.45, 7) is 5.71. The number of carbonyl (C=O) groups excluding carboxylic acids is 2. The molecule has 24 heavy (non-hydrogen) atoms. The van der Waals surface area contributed by atoms with Gasteiger partial charge >= 0.3 is 6.03 Å². The monoisotopic (exact) mass is 325 g/mol. The van der Waals surface area contributed by atoms with Crippen LogP contribution in [0, 0.1) is 12.8 Å². The lowest BCUT2D eigenvalue weighted by Crippen LogP contribution is -2.48. The van der Waals surface area contributed by atoms with E-state index in [0.29, 0.717) is 5.69 Å². The number of para-hydroxylation sites is 2. The Balaban J connectivity index is 2.02. The van der Waals surface area contributed by atoms with Crippen LogP contribution >= 0.6 is 0 Å². The summed E-state index contributed by atoms with van der Waals surface area (Å²) in [5, 5.41) is 8.35. The maximum atomic E-state index is 12.5. The second-order valence-corrected chi connectivity index (χ2v) is 5.99. The molecular weight excluding hydrogens is 302 g/mol. The Morgan fingerprint density at radius 3 is 2.12 bits per heavy atom. The number of carbonyl (C=O) groups is 2. The van der Waals surface area contributed by atoms with Crippen molar-refractivity contribution in [1.82, 2.24) is 5.32 Å². The van der Waals surface area contributed by atoms with E-state index in [1.54, 1.807) is 12.1 Å². The van der Waals surface area contributed by atoms with Crippen LogP contribution in [-0.2, 0) is 4.79 Å². The number of anilines is 2. The van der Waals surface area contributed by atoms with Crippen LogP contribution in [0.3, 0.4) is 0 Å². The molecule has 0 fully saturated rings. The maximum absolute atomic E-state index is 12.5. The largest absolute Gasteiger partial charge is 0.326 e. The van der Waals surface area contributed by atoms with Gasteiger partial charge in [-0.05, 0) is 36.6 Å². The number of urea groups is 1. The standard InChI is InChI=1S/C19H23N3O2/c1-13(2)17(18(23)21-16-12-8-7-9-14(16)3)22-19(24)20-15-10-5-4-6-11-15/h4-13,17H,1-3H3,(H,21,23)(H2,20,22,24)/t17-/m0/s1. The second-order valence-electron chi connectivity index (χ2n) is 5.99. The molecule has 1 atom stereocenters. The number of aryl methyl sites for hydroxylation is 1.